The maximum absolute atomic E-state index is 13.5. The van der Waals surface area contributed by atoms with Crippen LogP contribution >= 0.6 is 11.3 Å². The number of aromatic nitrogens is 5. The Morgan fingerprint density at radius 1 is 1.04 bits per heavy atom. The molecule has 12 nitrogen and oxygen atoms in total. The van der Waals surface area contributed by atoms with Crippen molar-refractivity contribution in [1.29, 1.82) is 5.26 Å². The molecule has 0 unspecified atom stereocenters. The van der Waals surface area contributed by atoms with Gasteiger partial charge in [0.2, 0.25) is 15.2 Å². The Kier molecular flexibility index (Phi) is 6.95. The first-order valence-electron chi connectivity index (χ1n) is 13.8. The van der Waals surface area contributed by atoms with Crippen molar-refractivity contribution in [1.82, 2.24) is 34.4 Å². The van der Waals surface area contributed by atoms with Crippen LogP contribution < -0.4 is 9.62 Å². The van der Waals surface area contributed by atoms with Crippen molar-refractivity contribution in [2.24, 2.45) is 0 Å². The number of sulfonamides is 1. The molecule has 0 bridgehead atoms. The number of amides is 1. The average Bonchev–Trinajstić information content (AvgIpc) is 3.48. The Morgan fingerprint density at radius 3 is 2.42 bits per heavy atom. The fourth-order valence-electron chi connectivity index (χ4n) is 5.38. The molecule has 0 radical (unpaired) electrons. The normalized spacial score (nSPS) is 16.4. The van der Waals surface area contributed by atoms with Gasteiger partial charge in [0.25, 0.3) is 12.3 Å². The molecular weight excluding hydrogens is 631 g/mol. The van der Waals surface area contributed by atoms with Crippen molar-refractivity contribution >= 4 is 55.0 Å². The molecule has 2 fully saturated rings. The third kappa shape index (κ3) is 5.14. The van der Waals surface area contributed by atoms with Crippen LogP contribution in [0.25, 0.3) is 27.1 Å². The Morgan fingerprint density at radius 2 is 1.78 bits per heavy atom. The van der Waals surface area contributed by atoms with Gasteiger partial charge in [-0.1, -0.05) is 17.4 Å². The molecule has 17 heteroatoms. The fourth-order valence-corrected chi connectivity index (χ4v) is 7.49. The van der Waals surface area contributed by atoms with Gasteiger partial charge in [-0.3, -0.25) is 9.36 Å². The van der Waals surface area contributed by atoms with Gasteiger partial charge in [0.1, 0.15) is 23.5 Å². The first-order valence-corrected chi connectivity index (χ1v) is 16.1. The zero-order valence-electron chi connectivity index (χ0n) is 23.2. The summed E-state index contributed by atoms with van der Waals surface area (Å²) in [5.74, 6) is -0.152. The van der Waals surface area contributed by atoms with E-state index in [9.17, 15) is 31.6 Å². The Bertz CT molecular complexity index is 2120. The summed E-state index contributed by atoms with van der Waals surface area (Å²) >= 11 is 0.650. The second-order valence-corrected chi connectivity index (χ2v) is 13.4. The van der Waals surface area contributed by atoms with Crippen molar-refractivity contribution < 1.29 is 26.4 Å². The van der Waals surface area contributed by atoms with Gasteiger partial charge in [0, 0.05) is 37.1 Å². The molecule has 1 saturated carbocycles. The van der Waals surface area contributed by atoms with Crippen LogP contribution in [-0.2, 0) is 10.0 Å². The summed E-state index contributed by atoms with van der Waals surface area (Å²) in [5.41, 5.74) is -0.154. The Balaban J connectivity index is 1.30. The molecule has 3 aromatic heterocycles. The Labute approximate surface area is 257 Å². The molecule has 1 saturated heterocycles. The highest BCUT2D eigenvalue weighted by atomic mass is 32.2. The number of nitriles is 1. The van der Waals surface area contributed by atoms with Gasteiger partial charge in [-0.15, -0.1) is 10.2 Å². The molecule has 7 rings (SSSR count). The number of carbonyl (C=O) groups excluding carboxylic acids is 1. The second kappa shape index (κ2) is 10.8. The van der Waals surface area contributed by atoms with E-state index in [2.05, 4.69) is 24.9 Å². The second-order valence-electron chi connectivity index (χ2n) is 10.7. The number of carbonyl (C=O) groups is 1. The molecule has 230 valence electrons. The largest absolute Gasteiger partial charge is 0.352 e. The van der Waals surface area contributed by atoms with Gasteiger partial charge < -0.3 is 9.80 Å². The topological polar surface area (TPSA) is 150 Å². The highest BCUT2D eigenvalue weighted by molar-refractivity contribution is 7.89. The zero-order valence-corrected chi connectivity index (χ0v) is 24.8. The quantitative estimate of drug-likeness (QED) is 0.277. The highest BCUT2D eigenvalue weighted by Crippen LogP contribution is 2.40. The molecular formula is C28H22F3N9O3S2. The lowest BCUT2D eigenvalue weighted by Gasteiger charge is -2.35. The van der Waals surface area contributed by atoms with Gasteiger partial charge in [-0.25, -0.2) is 31.6 Å². The van der Waals surface area contributed by atoms with Gasteiger partial charge in [0.15, 0.2) is 10.7 Å². The first-order chi connectivity index (χ1) is 21.6. The number of anilines is 1. The third-order valence-electron chi connectivity index (χ3n) is 7.87. The summed E-state index contributed by atoms with van der Waals surface area (Å²) in [4.78, 5) is 25.5. The molecule has 0 atom stereocenters. The molecule has 2 aromatic carbocycles. The van der Waals surface area contributed by atoms with Crippen LogP contribution in [0.4, 0.5) is 19.0 Å². The lowest BCUT2D eigenvalue weighted by molar-refractivity contribution is 0.0746. The van der Waals surface area contributed by atoms with Crippen LogP contribution in [0, 0.1) is 17.1 Å². The number of nitrogens with one attached hydrogen (secondary N) is 1. The standard InChI is InChI=1S/C28H22F3N9O3S2/c29-17-3-1-16(2-4-17)26(41)39-11-9-38(10-12-39)23-21-19-6-5-18(45(42,43)37-28(14-32)7-8-28)13-20(19)40(24(21)34-15-33-23)27-36-35-25(44-27)22(30)31/h1-6,13,15,22,37H,7-12H2. The summed E-state index contributed by atoms with van der Waals surface area (Å²) in [6.45, 7) is 1.49. The number of halogens is 3. The van der Waals surface area contributed by atoms with E-state index in [0.717, 1.165) is 0 Å². The van der Waals surface area contributed by atoms with E-state index in [4.69, 9.17) is 0 Å². The summed E-state index contributed by atoms with van der Waals surface area (Å²) in [7, 11) is -4.12. The number of fused-ring (bicyclic) bond motifs is 3. The predicted octanol–water partition coefficient (Wildman–Crippen LogP) is 3.80. The molecule has 0 spiro atoms. The van der Waals surface area contributed by atoms with Gasteiger partial charge >= 0.3 is 0 Å². The summed E-state index contributed by atoms with van der Waals surface area (Å²) < 4.78 is 70.9. The molecule has 1 amide bonds. The summed E-state index contributed by atoms with van der Waals surface area (Å²) in [6.07, 6.45) is -0.743. The van der Waals surface area contributed by atoms with Crippen molar-refractivity contribution in [3.05, 3.63) is 65.2 Å². The van der Waals surface area contributed by atoms with Gasteiger partial charge in [0.05, 0.1) is 21.9 Å². The number of hydrogen-bond donors (Lipinski definition) is 1. The lowest BCUT2D eigenvalue weighted by Crippen LogP contribution is -2.49. The van der Waals surface area contributed by atoms with E-state index >= 15 is 0 Å². The van der Waals surface area contributed by atoms with Crippen LogP contribution in [-0.4, -0.2) is 75.7 Å². The van der Waals surface area contributed by atoms with Crippen LogP contribution in [0.2, 0.25) is 0 Å². The summed E-state index contributed by atoms with van der Waals surface area (Å²) in [5, 5.41) is 17.6. The predicted molar refractivity (Wildman–Crippen MR) is 157 cm³/mol. The summed E-state index contributed by atoms with van der Waals surface area (Å²) in [6, 6.07) is 11.7. The SMILES string of the molecule is N#CC1(NS(=O)(=O)c2ccc3c4c(N5CCN(C(=O)c6ccc(F)cc6)CC5)ncnc4n(-c4nnc(C(F)F)s4)c3c2)CC1. The number of alkyl halides is 2. The number of piperazine rings is 1. The van der Waals surface area contributed by atoms with Crippen molar-refractivity contribution in [3.8, 4) is 11.2 Å². The van der Waals surface area contributed by atoms with Crippen molar-refractivity contribution in [2.45, 2.75) is 29.7 Å². The van der Waals surface area contributed by atoms with Crippen molar-refractivity contribution in [3.63, 3.8) is 0 Å². The molecule has 5 aromatic rings. The van der Waals surface area contributed by atoms with E-state index < -0.39 is 32.8 Å². The van der Waals surface area contributed by atoms with Gasteiger partial charge in [-0.2, -0.15) is 9.98 Å². The highest BCUT2D eigenvalue weighted by Gasteiger charge is 2.47. The maximum Gasteiger partial charge on any atom is 0.291 e. The van der Waals surface area contributed by atoms with Crippen LogP contribution in [0.1, 0.15) is 34.6 Å². The fraction of sp³-hybridized carbons (Fsp3) is 0.286. The number of nitrogens with zero attached hydrogens (tertiary/aromatic N) is 8. The minimum atomic E-state index is -4.12. The molecule has 1 aliphatic carbocycles. The van der Waals surface area contributed by atoms with E-state index in [-0.39, 0.29) is 15.9 Å². The van der Waals surface area contributed by atoms with E-state index in [1.807, 2.05) is 11.0 Å². The van der Waals surface area contributed by atoms with Crippen LogP contribution in [0.5, 0.6) is 0 Å². The van der Waals surface area contributed by atoms with E-state index in [1.54, 1.807) is 11.0 Å². The number of hydrogen-bond acceptors (Lipinski definition) is 10. The van der Waals surface area contributed by atoms with Crippen molar-refractivity contribution in [2.75, 3.05) is 31.1 Å². The van der Waals surface area contributed by atoms with Gasteiger partial charge in [-0.05, 0) is 49.2 Å². The monoisotopic (exact) mass is 653 g/mol. The molecule has 4 heterocycles. The molecule has 2 aliphatic rings. The molecule has 45 heavy (non-hydrogen) atoms. The lowest BCUT2D eigenvalue weighted by atomic mass is 10.1. The Hall–Kier alpha value is -4.66. The van der Waals surface area contributed by atoms with Crippen LogP contribution in [0.15, 0.2) is 53.7 Å². The van der Waals surface area contributed by atoms with Crippen LogP contribution in [0.3, 0.4) is 0 Å². The minimum absolute atomic E-state index is 0.0582. The number of rotatable bonds is 7. The zero-order chi connectivity index (χ0) is 31.5. The average molecular weight is 654 g/mol. The molecule has 1 aliphatic heterocycles. The smallest absolute Gasteiger partial charge is 0.291 e. The minimum Gasteiger partial charge on any atom is -0.352 e. The van der Waals surface area contributed by atoms with E-state index in [1.165, 1.54) is 47.3 Å². The first kappa shape index (κ1) is 29.1. The third-order valence-corrected chi connectivity index (χ3v) is 10.3. The molecule has 1 N–H and O–H groups in total. The maximum atomic E-state index is 13.5. The van der Waals surface area contributed by atoms with E-state index in [0.29, 0.717) is 83.7 Å². The number of benzene rings is 2.